The van der Waals surface area contributed by atoms with Crippen LogP contribution < -0.4 is 10.6 Å². The van der Waals surface area contributed by atoms with Crippen molar-refractivity contribution in [3.63, 3.8) is 0 Å². The number of hydrogen-bond donors (Lipinski definition) is 3. The van der Waals surface area contributed by atoms with E-state index in [2.05, 4.69) is 34.9 Å². The average Bonchev–Trinajstić information content (AvgIpc) is 3.24. The Morgan fingerprint density at radius 3 is 2.24 bits per heavy atom. The zero-order valence-electron chi connectivity index (χ0n) is 19.4. The molecule has 0 unspecified atom stereocenters. The molecule has 4 atom stereocenters. The Hall–Kier alpha value is -3.35. The summed E-state index contributed by atoms with van der Waals surface area (Å²) in [7, 11) is 0. The van der Waals surface area contributed by atoms with Crippen LogP contribution in [-0.2, 0) is 14.3 Å². The highest BCUT2D eigenvalue weighted by atomic mass is 16.5. The van der Waals surface area contributed by atoms with Crippen molar-refractivity contribution in [2.45, 2.75) is 51.1 Å². The fourth-order valence-corrected chi connectivity index (χ4v) is 5.89. The van der Waals surface area contributed by atoms with Gasteiger partial charge in [0.25, 0.3) is 0 Å². The zero-order valence-corrected chi connectivity index (χ0v) is 19.4. The van der Waals surface area contributed by atoms with Gasteiger partial charge in [-0.15, -0.1) is 0 Å². The number of benzene rings is 2. The molecular formula is C27H30N2O5. The molecular weight excluding hydrogens is 432 g/mol. The van der Waals surface area contributed by atoms with Crippen LogP contribution in [0, 0.1) is 17.3 Å². The predicted molar refractivity (Wildman–Crippen MR) is 126 cm³/mol. The zero-order chi connectivity index (χ0) is 24.0. The number of carboxylic acid groups (broad SMARTS) is 1. The number of hydrogen-bond acceptors (Lipinski definition) is 4. The number of rotatable bonds is 7. The van der Waals surface area contributed by atoms with E-state index in [0.717, 1.165) is 17.5 Å². The number of aliphatic carboxylic acids is 1. The number of carbonyl (C=O) groups is 3. The monoisotopic (exact) mass is 462 g/mol. The molecule has 2 amide bonds. The Balaban J connectivity index is 1.17. The molecule has 0 heterocycles. The van der Waals surface area contributed by atoms with Crippen LogP contribution in [0.1, 0.15) is 50.2 Å². The minimum Gasteiger partial charge on any atom is -0.480 e. The first-order chi connectivity index (χ1) is 16.3. The van der Waals surface area contributed by atoms with Crippen LogP contribution in [0.2, 0.25) is 0 Å². The summed E-state index contributed by atoms with van der Waals surface area (Å²) in [5.41, 5.74) is 4.11. The Labute approximate surface area is 198 Å². The van der Waals surface area contributed by atoms with Gasteiger partial charge in [0.15, 0.2) is 0 Å². The molecule has 178 valence electrons. The van der Waals surface area contributed by atoms with Crippen LogP contribution in [0.25, 0.3) is 11.1 Å². The quantitative estimate of drug-likeness (QED) is 0.579. The fourth-order valence-electron chi connectivity index (χ4n) is 5.89. The number of ether oxygens (including phenoxy) is 1. The lowest BCUT2D eigenvalue weighted by atomic mass is 9.98. The number of amides is 2. The summed E-state index contributed by atoms with van der Waals surface area (Å²) in [5, 5.41) is 15.0. The number of carboxylic acids is 1. The first-order valence-electron chi connectivity index (χ1n) is 12.0. The third-order valence-corrected chi connectivity index (χ3v) is 7.75. The minimum atomic E-state index is -1.02. The van der Waals surface area contributed by atoms with Crippen molar-refractivity contribution in [3.05, 3.63) is 59.7 Å². The summed E-state index contributed by atoms with van der Waals surface area (Å²) in [6.07, 6.45) is 1.48. The third kappa shape index (κ3) is 3.83. The summed E-state index contributed by atoms with van der Waals surface area (Å²) in [6, 6.07) is 15.3. The van der Waals surface area contributed by atoms with Crippen LogP contribution in [0.4, 0.5) is 4.79 Å². The van der Waals surface area contributed by atoms with Crippen molar-refractivity contribution in [1.29, 1.82) is 0 Å². The second kappa shape index (κ2) is 8.46. The lowest BCUT2D eigenvalue weighted by Gasteiger charge is -2.22. The average molecular weight is 463 g/mol. The van der Waals surface area contributed by atoms with Crippen LogP contribution in [-0.4, -0.2) is 41.8 Å². The SMILES string of the molecule is CC(C)[C@H](NC(=O)[C@]12C[C@H](NC(=O)OCC3c4ccccc4-c4ccccc43)C[C@H]1C2)C(=O)O. The third-order valence-electron chi connectivity index (χ3n) is 7.75. The molecule has 34 heavy (non-hydrogen) atoms. The molecule has 3 N–H and O–H groups in total. The maximum absolute atomic E-state index is 12.9. The molecule has 0 bridgehead atoms. The van der Waals surface area contributed by atoms with Crippen LogP contribution in [0.15, 0.2) is 48.5 Å². The van der Waals surface area contributed by atoms with Crippen molar-refractivity contribution >= 4 is 18.0 Å². The van der Waals surface area contributed by atoms with Gasteiger partial charge in [-0.25, -0.2) is 9.59 Å². The second-order valence-electron chi connectivity index (χ2n) is 10.2. The van der Waals surface area contributed by atoms with Crippen molar-refractivity contribution in [2.75, 3.05) is 6.61 Å². The molecule has 3 aliphatic rings. The molecule has 2 aromatic carbocycles. The molecule has 0 spiro atoms. The Morgan fingerprint density at radius 1 is 1.03 bits per heavy atom. The summed E-state index contributed by atoms with van der Waals surface area (Å²) in [5.74, 6) is -1.27. The lowest BCUT2D eigenvalue weighted by Crippen LogP contribution is -2.48. The van der Waals surface area contributed by atoms with Gasteiger partial charge in [-0.2, -0.15) is 0 Å². The summed E-state index contributed by atoms with van der Waals surface area (Å²) < 4.78 is 5.64. The number of alkyl carbamates (subject to hydrolysis) is 1. The van der Waals surface area contributed by atoms with E-state index < -0.39 is 23.5 Å². The summed E-state index contributed by atoms with van der Waals surface area (Å²) in [4.78, 5) is 37.0. The van der Waals surface area contributed by atoms with E-state index in [4.69, 9.17) is 4.74 Å². The largest absolute Gasteiger partial charge is 0.480 e. The van der Waals surface area contributed by atoms with Gasteiger partial charge in [-0.1, -0.05) is 62.4 Å². The van der Waals surface area contributed by atoms with Crippen molar-refractivity contribution in [2.24, 2.45) is 17.3 Å². The number of fused-ring (bicyclic) bond motifs is 4. The maximum atomic E-state index is 12.9. The van der Waals surface area contributed by atoms with E-state index in [1.807, 2.05) is 24.3 Å². The summed E-state index contributed by atoms with van der Waals surface area (Å²) >= 11 is 0. The lowest BCUT2D eigenvalue weighted by molar-refractivity contribution is -0.144. The van der Waals surface area contributed by atoms with E-state index in [9.17, 15) is 19.5 Å². The molecule has 3 aliphatic carbocycles. The van der Waals surface area contributed by atoms with E-state index in [-0.39, 0.29) is 36.3 Å². The molecule has 2 fully saturated rings. The predicted octanol–water partition coefficient (Wildman–Crippen LogP) is 3.92. The molecule has 5 rings (SSSR count). The van der Waals surface area contributed by atoms with Crippen molar-refractivity contribution in [3.8, 4) is 11.1 Å². The smallest absolute Gasteiger partial charge is 0.407 e. The van der Waals surface area contributed by atoms with E-state index in [0.29, 0.717) is 12.8 Å². The van der Waals surface area contributed by atoms with Crippen LogP contribution in [0.5, 0.6) is 0 Å². The van der Waals surface area contributed by atoms with E-state index in [1.165, 1.54) is 11.1 Å². The Bertz CT molecular complexity index is 1100. The highest BCUT2D eigenvalue weighted by Gasteiger charge is 2.65. The first kappa shape index (κ1) is 22.4. The standard InChI is InChI=1S/C27H30N2O5/c1-15(2)23(24(30)31)29-25(32)27-12-16(27)11-17(13-27)28-26(33)34-14-22-20-9-5-3-7-18(20)19-8-4-6-10-21(19)22/h3-10,15-17,22-23H,11-14H2,1-2H3,(H,28,33)(H,29,32)(H,30,31)/t16-,17+,23-,27+/m0/s1. The summed E-state index contributed by atoms with van der Waals surface area (Å²) in [6.45, 7) is 3.80. The van der Waals surface area contributed by atoms with Crippen molar-refractivity contribution in [1.82, 2.24) is 10.6 Å². The molecule has 0 saturated heterocycles. The normalized spacial score (nSPS) is 25.1. The van der Waals surface area contributed by atoms with Crippen LogP contribution in [0.3, 0.4) is 0 Å². The molecule has 0 aromatic heterocycles. The van der Waals surface area contributed by atoms with Gasteiger partial charge in [0, 0.05) is 12.0 Å². The van der Waals surface area contributed by atoms with Gasteiger partial charge in [0.1, 0.15) is 12.6 Å². The molecule has 2 aromatic rings. The Morgan fingerprint density at radius 2 is 1.65 bits per heavy atom. The van der Waals surface area contributed by atoms with Crippen molar-refractivity contribution < 1.29 is 24.2 Å². The molecule has 0 aliphatic heterocycles. The molecule has 7 heteroatoms. The maximum Gasteiger partial charge on any atom is 0.407 e. The molecule has 0 radical (unpaired) electrons. The number of nitrogens with one attached hydrogen (secondary N) is 2. The highest BCUT2D eigenvalue weighted by Crippen LogP contribution is 2.63. The van der Waals surface area contributed by atoms with E-state index in [1.54, 1.807) is 13.8 Å². The van der Waals surface area contributed by atoms with E-state index >= 15 is 0 Å². The van der Waals surface area contributed by atoms with Gasteiger partial charge in [0.05, 0.1) is 5.41 Å². The first-order valence-corrected chi connectivity index (χ1v) is 12.0. The fraction of sp³-hybridized carbons (Fsp3) is 0.444. The van der Waals surface area contributed by atoms with Gasteiger partial charge in [-0.05, 0) is 53.4 Å². The van der Waals surface area contributed by atoms with Crippen LogP contribution >= 0.6 is 0 Å². The molecule has 2 saturated carbocycles. The minimum absolute atomic E-state index is 0.00348. The highest BCUT2D eigenvalue weighted by molar-refractivity contribution is 5.90. The second-order valence-corrected chi connectivity index (χ2v) is 10.2. The number of carbonyl (C=O) groups excluding carboxylic acids is 2. The Kier molecular flexibility index (Phi) is 5.58. The van der Waals surface area contributed by atoms with Gasteiger partial charge >= 0.3 is 12.1 Å². The molecule has 7 nitrogen and oxygen atoms in total. The van der Waals surface area contributed by atoms with Gasteiger partial charge < -0.3 is 20.5 Å². The topological polar surface area (TPSA) is 105 Å². The van der Waals surface area contributed by atoms with Gasteiger partial charge in [0.2, 0.25) is 5.91 Å². The van der Waals surface area contributed by atoms with Gasteiger partial charge in [-0.3, -0.25) is 4.79 Å².